The van der Waals surface area contributed by atoms with Gasteiger partial charge in [-0.2, -0.15) is 0 Å². The molecule has 4 rings (SSSR count). The molecule has 0 aromatic heterocycles. The number of rotatable bonds is 9. The molecule has 0 N–H and O–H groups in total. The lowest BCUT2D eigenvalue weighted by molar-refractivity contribution is 0.181. The van der Waals surface area contributed by atoms with Crippen LogP contribution in [0.2, 0.25) is 0 Å². The average Bonchev–Trinajstić information content (AvgIpc) is 2.85. The zero-order chi connectivity index (χ0) is 21.3. The number of nitrogens with zero attached hydrogens (tertiary/aromatic N) is 1. The van der Waals surface area contributed by atoms with Gasteiger partial charge in [0.05, 0.1) is 0 Å². The predicted octanol–water partition coefficient (Wildman–Crippen LogP) is 6.86. The molecule has 31 heavy (non-hydrogen) atoms. The fraction of sp³-hybridized carbons (Fsp3) is 0.379. The molecular weight excluding hydrogens is 378 g/mol. The summed E-state index contributed by atoms with van der Waals surface area (Å²) < 4.78 is 5.90. The van der Waals surface area contributed by atoms with Crippen LogP contribution in [0.4, 0.5) is 0 Å². The van der Waals surface area contributed by atoms with Crippen LogP contribution >= 0.6 is 0 Å². The number of hydrogen-bond donors (Lipinski definition) is 0. The van der Waals surface area contributed by atoms with E-state index in [-0.39, 0.29) is 0 Å². The first-order chi connectivity index (χ1) is 15.3. The van der Waals surface area contributed by atoms with Gasteiger partial charge >= 0.3 is 0 Å². The van der Waals surface area contributed by atoms with Gasteiger partial charge in [0.1, 0.15) is 12.4 Å². The summed E-state index contributed by atoms with van der Waals surface area (Å²) in [5, 5.41) is 0. The second-order valence-corrected chi connectivity index (χ2v) is 8.92. The molecule has 2 nitrogen and oxygen atoms in total. The van der Waals surface area contributed by atoms with Crippen LogP contribution in [0.5, 0.6) is 5.75 Å². The smallest absolute Gasteiger partial charge is 0.119 e. The van der Waals surface area contributed by atoms with E-state index in [0.717, 1.165) is 24.1 Å². The first-order valence-electron chi connectivity index (χ1n) is 11.8. The topological polar surface area (TPSA) is 12.5 Å². The molecule has 0 spiro atoms. The average molecular weight is 414 g/mol. The molecule has 2 heteroatoms. The van der Waals surface area contributed by atoms with Crippen molar-refractivity contribution in [3.8, 4) is 5.75 Å². The summed E-state index contributed by atoms with van der Waals surface area (Å²) in [5.41, 5.74) is 4.13. The maximum absolute atomic E-state index is 5.90. The highest BCUT2D eigenvalue weighted by Crippen LogP contribution is 2.34. The molecule has 1 saturated carbocycles. The van der Waals surface area contributed by atoms with Crippen LogP contribution < -0.4 is 4.74 Å². The van der Waals surface area contributed by atoms with E-state index in [1.807, 2.05) is 18.2 Å². The molecule has 0 heterocycles. The Morgan fingerprint density at radius 1 is 0.742 bits per heavy atom. The summed E-state index contributed by atoms with van der Waals surface area (Å²) in [5.74, 6) is 1.70. The third kappa shape index (κ3) is 6.45. The fourth-order valence-electron chi connectivity index (χ4n) is 4.78. The molecule has 1 aliphatic rings. The Balaban J connectivity index is 1.15. The summed E-state index contributed by atoms with van der Waals surface area (Å²) in [4.78, 5) is 2.60. The number of aryl methyl sites for hydroxylation is 1. The van der Waals surface area contributed by atoms with Gasteiger partial charge in [-0.3, -0.25) is 0 Å². The van der Waals surface area contributed by atoms with Gasteiger partial charge in [0.2, 0.25) is 0 Å². The van der Waals surface area contributed by atoms with Crippen molar-refractivity contribution in [3.63, 3.8) is 0 Å². The molecule has 0 atom stereocenters. The van der Waals surface area contributed by atoms with Crippen LogP contribution in [0.3, 0.4) is 0 Å². The van der Waals surface area contributed by atoms with Gasteiger partial charge in [-0.25, -0.2) is 0 Å². The quantitative estimate of drug-likeness (QED) is 0.380. The van der Waals surface area contributed by atoms with Crippen molar-refractivity contribution >= 4 is 0 Å². The highest BCUT2D eigenvalue weighted by atomic mass is 16.5. The highest BCUT2D eigenvalue weighted by Gasteiger charge is 2.24. The lowest BCUT2D eigenvalue weighted by Crippen LogP contribution is -2.35. The lowest BCUT2D eigenvalue weighted by Gasteiger charge is -2.35. The monoisotopic (exact) mass is 413 g/mol. The van der Waals surface area contributed by atoms with Gasteiger partial charge < -0.3 is 9.64 Å². The predicted molar refractivity (Wildman–Crippen MR) is 130 cm³/mol. The molecule has 0 aliphatic heterocycles. The normalized spacial score (nSPS) is 18.8. The van der Waals surface area contributed by atoms with Crippen LogP contribution in [0.1, 0.15) is 54.7 Å². The van der Waals surface area contributed by atoms with Crippen molar-refractivity contribution in [2.45, 2.75) is 57.1 Å². The third-order valence-electron chi connectivity index (χ3n) is 6.74. The minimum atomic E-state index is 0.623. The summed E-state index contributed by atoms with van der Waals surface area (Å²) in [7, 11) is 2.31. The van der Waals surface area contributed by atoms with E-state index in [9.17, 15) is 0 Å². The van der Waals surface area contributed by atoms with Crippen molar-refractivity contribution in [1.82, 2.24) is 4.90 Å². The Hall–Kier alpha value is -2.58. The minimum absolute atomic E-state index is 0.623. The fourth-order valence-corrected chi connectivity index (χ4v) is 4.78. The van der Waals surface area contributed by atoms with E-state index in [0.29, 0.717) is 6.61 Å². The molecule has 0 bridgehead atoms. The Kier molecular flexibility index (Phi) is 7.79. The lowest BCUT2D eigenvalue weighted by atomic mass is 9.81. The van der Waals surface area contributed by atoms with Crippen molar-refractivity contribution in [2.24, 2.45) is 0 Å². The van der Waals surface area contributed by atoms with Crippen molar-refractivity contribution < 1.29 is 4.74 Å². The second-order valence-electron chi connectivity index (χ2n) is 8.92. The van der Waals surface area contributed by atoms with Gasteiger partial charge in [0.15, 0.2) is 0 Å². The molecule has 3 aromatic carbocycles. The summed E-state index contributed by atoms with van der Waals surface area (Å²) in [6.07, 6.45) is 7.63. The molecule has 1 aliphatic carbocycles. The molecule has 3 aromatic rings. The molecule has 0 radical (unpaired) electrons. The number of ether oxygens (including phenoxy) is 1. The standard InChI is InChI=1S/C29H35NO/c1-30(28-18-16-27(17-19-28)26-12-6-3-7-13-26)22-8-11-24-14-20-29(21-15-24)31-23-25-9-4-2-5-10-25/h2-7,9-10,12-15,20-21,27-28H,8,11,16-19,22-23H2,1H3. The van der Waals surface area contributed by atoms with Gasteiger partial charge in [0, 0.05) is 6.04 Å². The van der Waals surface area contributed by atoms with E-state index in [1.165, 1.54) is 55.3 Å². The maximum Gasteiger partial charge on any atom is 0.119 e. The Morgan fingerprint density at radius 3 is 2.06 bits per heavy atom. The van der Waals surface area contributed by atoms with Gasteiger partial charge in [-0.05, 0) is 86.9 Å². The maximum atomic E-state index is 5.90. The van der Waals surface area contributed by atoms with Crippen LogP contribution in [-0.4, -0.2) is 24.5 Å². The molecule has 0 unspecified atom stereocenters. The van der Waals surface area contributed by atoms with Crippen LogP contribution in [0, 0.1) is 0 Å². The first kappa shape index (κ1) is 21.6. The molecule has 0 saturated heterocycles. The SMILES string of the molecule is CN(CCCc1ccc(OCc2ccccc2)cc1)C1CCC(c2ccccc2)CC1. The first-order valence-corrected chi connectivity index (χ1v) is 11.8. The van der Waals surface area contributed by atoms with Gasteiger partial charge in [-0.1, -0.05) is 72.8 Å². The van der Waals surface area contributed by atoms with Gasteiger partial charge in [-0.15, -0.1) is 0 Å². The summed E-state index contributed by atoms with van der Waals surface area (Å²) in [6.45, 7) is 1.80. The van der Waals surface area contributed by atoms with E-state index >= 15 is 0 Å². The molecule has 1 fully saturated rings. The number of hydrogen-bond acceptors (Lipinski definition) is 2. The van der Waals surface area contributed by atoms with Crippen molar-refractivity contribution in [3.05, 3.63) is 102 Å². The minimum Gasteiger partial charge on any atom is -0.489 e. The highest BCUT2D eigenvalue weighted by molar-refractivity contribution is 5.28. The summed E-state index contributed by atoms with van der Waals surface area (Å²) in [6, 6.07) is 30.8. The zero-order valence-electron chi connectivity index (χ0n) is 18.7. The van der Waals surface area contributed by atoms with E-state index < -0.39 is 0 Å². The van der Waals surface area contributed by atoms with Crippen LogP contribution in [0.25, 0.3) is 0 Å². The van der Waals surface area contributed by atoms with Gasteiger partial charge in [0.25, 0.3) is 0 Å². The van der Waals surface area contributed by atoms with Crippen molar-refractivity contribution in [2.75, 3.05) is 13.6 Å². The third-order valence-corrected chi connectivity index (χ3v) is 6.74. The molecular formula is C29H35NO. The Labute approximate surface area is 187 Å². The Bertz CT molecular complexity index is 883. The van der Waals surface area contributed by atoms with Crippen molar-refractivity contribution in [1.29, 1.82) is 0 Å². The largest absolute Gasteiger partial charge is 0.489 e. The molecule has 0 amide bonds. The van der Waals surface area contributed by atoms with E-state index in [2.05, 4.69) is 78.7 Å². The molecule has 162 valence electrons. The zero-order valence-corrected chi connectivity index (χ0v) is 18.7. The van der Waals surface area contributed by atoms with Crippen LogP contribution in [-0.2, 0) is 13.0 Å². The van der Waals surface area contributed by atoms with E-state index in [1.54, 1.807) is 0 Å². The second kappa shape index (κ2) is 11.2. The number of benzene rings is 3. The van der Waals surface area contributed by atoms with E-state index in [4.69, 9.17) is 4.74 Å². The summed E-state index contributed by atoms with van der Waals surface area (Å²) >= 11 is 0. The van der Waals surface area contributed by atoms with Crippen LogP contribution in [0.15, 0.2) is 84.9 Å². The Morgan fingerprint density at radius 2 is 1.39 bits per heavy atom.